The molecule has 6 aromatic carbocycles. The van der Waals surface area contributed by atoms with Crippen LogP contribution in [0.2, 0.25) is 6.82 Å². The molecule has 56 heavy (non-hydrogen) atoms. The van der Waals surface area contributed by atoms with Crippen LogP contribution in [-0.2, 0) is 19.4 Å². The molecule has 1 aliphatic heterocycles. The molecule has 1 aliphatic rings. The fourth-order valence-corrected chi connectivity index (χ4v) is 8.54. The van der Waals surface area contributed by atoms with Crippen LogP contribution in [-0.4, -0.2) is 30.8 Å². The molecule has 0 atom stereocenters. The molecular formula is C47H35BN6OPt. The molecule has 0 saturated carbocycles. The Labute approximate surface area is 350 Å². The van der Waals surface area contributed by atoms with Crippen LogP contribution in [0.3, 0.4) is 0 Å². The maximum atomic E-state index is 9.04. The maximum absolute atomic E-state index is 9.04. The first-order chi connectivity index (χ1) is 31.7. The van der Waals surface area contributed by atoms with Gasteiger partial charge >= 0.3 is 315 Å². The molecule has 0 radical (unpaired) electrons. The summed E-state index contributed by atoms with van der Waals surface area (Å²) in [5.41, 5.74) is 6.36. The summed E-state index contributed by atoms with van der Waals surface area (Å²) in [4.78, 5) is 6.86. The first kappa shape index (κ1) is 24.8. The van der Waals surface area contributed by atoms with Crippen molar-refractivity contribution in [3.63, 3.8) is 0 Å². The average Bonchev–Trinajstić information content (AvgIpc) is 3.92. The molecule has 0 amide bonds. The number of para-hydroxylation sites is 3. The van der Waals surface area contributed by atoms with Crippen LogP contribution < -0.4 is 9.55 Å². The molecule has 9 heteroatoms. The monoisotopic (exact) mass is 915 g/mol. The molecule has 9 aromatic rings. The van der Waals surface area contributed by atoms with Crippen molar-refractivity contribution in [1.82, 2.24) is 23.8 Å². The van der Waals surface area contributed by atoms with Gasteiger partial charge in [0.15, 0.2) is 0 Å². The Morgan fingerprint density at radius 3 is 2.05 bits per heavy atom. The fourth-order valence-electron chi connectivity index (χ4n) is 7.44. The molecule has 272 valence electrons. The van der Waals surface area contributed by atoms with E-state index in [2.05, 4.69) is 36.1 Å². The second kappa shape index (κ2) is 14.0. The Morgan fingerprint density at radius 2 is 1.34 bits per heavy atom. The van der Waals surface area contributed by atoms with Crippen molar-refractivity contribution in [2.75, 3.05) is 4.81 Å². The van der Waals surface area contributed by atoms with Gasteiger partial charge in [0.1, 0.15) is 0 Å². The molecule has 0 saturated heterocycles. The Balaban J connectivity index is 1.16. The van der Waals surface area contributed by atoms with Crippen LogP contribution in [0.4, 0.5) is 11.5 Å². The van der Waals surface area contributed by atoms with Gasteiger partial charge in [-0.3, -0.25) is 0 Å². The van der Waals surface area contributed by atoms with Crippen molar-refractivity contribution in [2.24, 2.45) is 0 Å². The third-order valence-electron chi connectivity index (χ3n) is 9.87. The first-order valence-corrected chi connectivity index (χ1v) is 19.0. The van der Waals surface area contributed by atoms with Crippen molar-refractivity contribution in [2.45, 2.75) is 13.7 Å². The summed E-state index contributed by atoms with van der Waals surface area (Å²) < 4.78 is 100. The molecule has 0 N–H and O–H groups in total. The van der Waals surface area contributed by atoms with E-state index in [1.54, 1.807) is 30.6 Å². The number of rotatable bonds is 7. The average molecular weight is 916 g/mol. The van der Waals surface area contributed by atoms with Crippen molar-refractivity contribution in [3.05, 3.63) is 185 Å². The SMILES string of the molecule is [2H]c1c([2H])c([2H])c(-c2cccc(-c3c([2H])c([2H])c([2H])c([2H])c3[2H])c2-n2[c](=[Pt])n(-c3cccc(Oc4ccc5c(c4)N(c4cc(C)ccn4)B(C)n4nccc4-5)c3)c3ccccc32)c([2H])c1[2H]. The quantitative estimate of drug-likeness (QED) is 0.150. The second-order valence-corrected chi connectivity index (χ2v) is 14.3. The summed E-state index contributed by atoms with van der Waals surface area (Å²) in [5.74, 6) is 1.89. The zero-order valence-corrected chi connectivity index (χ0v) is 32.2. The third-order valence-corrected chi connectivity index (χ3v) is 10.9. The van der Waals surface area contributed by atoms with Crippen molar-refractivity contribution in [3.8, 4) is 56.4 Å². The number of fused-ring (bicyclic) bond motifs is 4. The van der Waals surface area contributed by atoms with Crippen LogP contribution >= 0.6 is 0 Å². The van der Waals surface area contributed by atoms with Gasteiger partial charge in [0.2, 0.25) is 0 Å². The molecule has 0 fully saturated rings. The molecule has 7 nitrogen and oxygen atoms in total. The Bertz CT molecular complexity index is 3430. The van der Waals surface area contributed by atoms with Gasteiger partial charge in [-0.15, -0.1) is 0 Å². The van der Waals surface area contributed by atoms with E-state index in [9.17, 15) is 0 Å². The van der Waals surface area contributed by atoms with Gasteiger partial charge in [0.05, 0.1) is 0 Å². The molecule has 0 unspecified atom stereocenters. The second-order valence-electron chi connectivity index (χ2n) is 13.2. The van der Waals surface area contributed by atoms with E-state index in [4.69, 9.17) is 23.4 Å². The summed E-state index contributed by atoms with van der Waals surface area (Å²) >= 11 is 2.16. The van der Waals surface area contributed by atoms with Crippen LogP contribution in [0.5, 0.6) is 11.5 Å². The molecular weight excluding hydrogens is 870 g/mol. The minimum absolute atomic E-state index is 0.110. The zero-order chi connectivity index (χ0) is 46.5. The molecule has 0 bridgehead atoms. The zero-order valence-electron chi connectivity index (χ0n) is 40.0. The van der Waals surface area contributed by atoms with E-state index in [0.717, 1.165) is 28.3 Å². The molecule has 10 rings (SSSR count). The summed E-state index contributed by atoms with van der Waals surface area (Å²) in [7, 11) is 0. The van der Waals surface area contributed by atoms with Crippen LogP contribution in [0.25, 0.3) is 55.9 Å². The van der Waals surface area contributed by atoms with Crippen LogP contribution in [0.1, 0.15) is 19.3 Å². The van der Waals surface area contributed by atoms with Gasteiger partial charge in [0, 0.05) is 12.4 Å². The van der Waals surface area contributed by atoms with Crippen molar-refractivity contribution in [1.29, 1.82) is 0 Å². The first-order valence-electron chi connectivity index (χ1n) is 22.8. The number of ether oxygens (including phenoxy) is 1. The number of nitrogens with zero attached hydrogens (tertiary/aromatic N) is 6. The van der Waals surface area contributed by atoms with Gasteiger partial charge in [-0.05, 0) is 18.6 Å². The predicted molar refractivity (Wildman–Crippen MR) is 223 cm³/mol. The minimum atomic E-state index is -0.559. The van der Waals surface area contributed by atoms with Crippen LogP contribution in [0, 0.1) is 10.7 Å². The van der Waals surface area contributed by atoms with Gasteiger partial charge in [0.25, 0.3) is 0 Å². The molecule has 0 spiro atoms. The van der Waals surface area contributed by atoms with Crippen LogP contribution in [0.15, 0.2) is 176 Å². The Morgan fingerprint density at radius 1 is 0.661 bits per heavy atom. The molecule has 0 aliphatic carbocycles. The number of hydrogen-bond acceptors (Lipinski definition) is 4. The number of hydrogen-bond donors (Lipinski definition) is 0. The number of benzene rings is 6. The standard InChI is InChI=1S/C47H35BN6O.Pt/c1-33-25-27-49-46(29-33)53-45-31-38(23-24-41(45)42-26-28-50-54(42)48(53)2)55-37-18-11-17-36(30-37)51-32-52(44-22-10-9-21-43(44)51)47-39(34-13-5-3-6-14-34)19-12-20-40(47)35-15-7-4-8-16-35;/h3-31H,1-2H3;/i3D,4D,5D,6D,7D,8D,13D,14D,15D,16D;. The predicted octanol–water partition coefficient (Wildman–Crippen LogP) is 11.3. The van der Waals surface area contributed by atoms with E-state index in [-0.39, 0.29) is 34.9 Å². The van der Waals surface area contributed by atoms with E-state index < -0.39 is 60.4 Å². The molecule has 4 heterocycles. The Hall–Kier alpha value is -6.50. The van der Waals surface area contributed by atoms with E-state index in [0.29, 0.717) is 32.0 Å². The topological polar surface area (TPSA) is 53.0 Å². The summed E-state index contributed by atoms with van der Waals surface area (Å²) in [6, 6.07) is 26.7. The number of aryl methyl sites for hydroxylation is 1. The van der Waals surface area contributed by atoms with E-state index in [1.807, 2.05) is 106 Å². The van der Waals surface area contributed by atoms with Crippen molar-refractivity contribution >= 4 is 29.5 Å². The van der Waals surface area contributed by atoms with E-state index in [1.165, 1.54) is 0 Å². The van der Waals surface area contributed by atoms with Gasteiger partial charge in [-0.2, -0.15) is 5.10 Å². The summed E-state index contributed by atoms with van der Waals surface area (Å²) in [5, 5.41) is 4.62. The normalized spacial score (nSPS) is 14.6. The number of aromatic nitrogens is 5. The number of pyridine rings is 1. The van der Waals surface area contributed by atoms with Gasteiger partial charge < -0.3 is 0 Å². The summed E-state index contributed by atoms with van der Waals surface area (Å²) in [6.45, 7) is 3.92. The third kappa shape index (κ3) is 5.76. The molecule has 3 aromatic heterocycles. The van der Waals surface area contributed by atoms with Gasteiger partial charge in [-0.25, -0.2) is 0 Å². The van der Waals surface area contributed by atoms with Gasteiger partial charge in [-0.1, -0.05) is 0 Å². The number of imidazole rings is 1. The van der Waals surface area contributed by atoms with Crippen molar-refractivity contribution < 1.29 is 37.8 Å². The summed E-state index contributed by atoms with van der Waals surface area (Å²) in [6.07, 6.45) is 3.59. The Kier molecular flexibility index (Phi) is 6.19. The fraction of sp³-hybridized carbons (Fsp3) is 0.0426. The number of anilines is 2. The van der Waals surface area contributed by atoms with E-state index >= 15 is 0 Å².